The molecule has 0 fully saturated rings. The van der Waals surface area contributed by atoms with Gasteiger partial charge in [0.2, 0.25) is 0 Å². The third kappa shape index (κ3) is 3.55. The fourth-order valence-electron chi connectivity index (χ4n) is 5.67. The summed E-state index contributed by atoms with van der Waals surface area (Å²) in [6, 6.07) is 40.4. The normalized spacial score (nSPS) is 11.8. The molecular formula is C34H22ClN4S+. The zero-order valence-electron chi connectivity index (χ0n) is 21.5. The first kappa shape index (κ1) is 23.3. The maximum Gasteiger partial charge on any atom is 0.338 e. The highest BCUT2D eigenvalue weighted by Crippen LogP contribution is 2.37. The van der Waals surface area contributed by atoms with Crippen molar-refractivity contribution >= 4 is 64.9 Å². The Hall–Kier alpha value is -4.58. The summed E-state index contributed by atoms with van der Waals surface area (Å²) in [4.78, 5) is 9.74. The van der Waals surface area contributed by atoms with Crippen molar-refractivity contribution in [2.75, 3.05) is 0 Å². The van der Waals surface area contributed by atoms with Crippen LogP contribution in [-0.2, 0) is 7.05 Å². The minimum absolute atomic E-state index is 0.392. The average Bonchev–Trinajstić information content (AvgIpc) is 3.54. The summed E-state index contributed by atoms with van der Waals surface area (Å²) in [6.07, 6.45) is 0. The Morgan fingerprint density at radius 2 is 1.32 bits per heavy atom. The number of aromatic nitrogens is 4. The van der Waals surface area contributed by atoms with Crippen molar-refractivity contribution in [1.82, 2.24) is 14.5 Å². The van der Waals surface area contributed by atoms with E-state index in [2.05, 4.69) is 114 Å². The van der Waals surface area contributed by atoms with E-state index in [4.69, 9.17) is 21.6 Å². The van der Waals surface area contributed by atoms with Crippen molar-refractivity contribution in [3.05, 3.63) is 121 Å². The molecule has 8 rings (SSSR count). The number of halogens is 1. The second kappa shape index (κ2) is 8.98. The van der Waals surface area contributed by atoms with Crippen molar-refractivity contribution in [3.63, 3.8) is 0 Å². The van der Waals surface area contributed by atoms with Gasteiger partial charge in [0.05, 0.1) is 29.2 Å². The fourth-order valence-corrected chi connectivity index (χ4v) is 6.98. The lowest BCUT2D eigenvalue weighted by Crippen LogP contribution is -2.35. The lowest BCUT2D eigenvalue weighted by Gasteiger charge is -2.07. The van der Waals surface area contributed by atoms with Crippen molar-refractivity contribution in [2.45, 2.75) is 0 Å². The molecule has 5 aromatic carbocycles. The SMILES string of the molecule is C[n+]1c(Cl)nc(-c2ccc3c(c2)c2ccccc2n3-c2ccccc2)nc1-c1ccc2c(c1)sc1ccccc12. The van der Waals surface area contributed by atoms with Crippen LogP contribution in [0.3, 0.4) is 0 Å². The number of rotatable bonds is 3. The molecule has 0 bridgehead atoms. The molecular weight excluding hydrogens is 532 g/mol. The standard InChI is InChI=1S/C34H22ClN4S/c1-38-33(22-15-17-26-25-12-6-8-14-30(25)40-31(26)20-22)36-32(37-34(38)35)21-16-18-29-27(19-21)24-11-5-7-13-28(24)39(29)23-9-3-2-4-10-23/h2-20H,1H3/q+1. The summed E-state index contributed by atoms with van der Waals surface area (Å²) < 4.78 is 6.66. The van der Waals surface area contributed by atoms with Gasteiger partial charge in [-0.05, 0) is 66.2 Å². The molecule has 0 unspecified atom stereocenters. The van der Waals surface area contributed by atoms with Gasteiger partial charge in [-0.2, -0.15) is 0 Å². The van der Waals surface area contributed by atoms with E-state index in [-0.39, 0.29) is 0 Å². The summed E-state index contributed by atoms with van der Waals surface area (Å²) in [6.45, 7) is 0. The molecule has 3 heterocycles. The largest absolute Gasteiger partial charge is 0.338 e. The number of thiophene rings is 1. The third-order valence-electron chi connectivity index (χ3n) is 7.59. The van der Waals surface area contributed by atoms with Crippen LogP contribution in [0.25, 0.3) is 70.4 Å². The van der Waals surface area contributed by atoms with E-state index in [1.807, 2.05) is 17.7 Å². The van der Waals surface area contributed by atoms with E-state index >= 15 is 0 Å². The van der Waals surface area contributed by atoms with Crippen LogP contribution in [0.1, 0.15) is 0 Å². The van der Waals surface area contributed by atoms with Crippen LogP contribution in [0.5, 0.6) is 0 Å². The van der Waals surface area contributed by atoms with Gasteiger partial charge in [-0.25, -0.2) is 4.57 Å². The summed E-state index contributed by atoms with van der Waals surface area (Å²) >= 11 is 8.51. The molecule has 8 aromatic rings. The Morgan fingerprint density at radius 3 is 2.20 bits per heavy atom. The smallest absolute Gasteiger partial charge is 0.309 e. The molecule has 0 saturated carbocycles. The van der Waals surface area contributed by atoms with Gasteiger partial charge in [0, 0.05) is 36.6 Å². The van der Waals surface area contributed by atoms with Gasteiger partial charge in [0.25, 0.3) is 5.82 Å². The Balaban J connectivity index is 1.31. The van der Waals surface area contributed by atoms with E-state index in [1.54, 1.807) is 11.3 Å². The zero-order valence-corrected chi connectivity index (χ0v) is 23.1. The quantitative estimate of drug-likeness (QED) is 0.205. The maximum atomic E-state index is 6.71. The number of fused-ring (bicyclic) bond motifs is 6. The van der Waals surface area contributed by atoms with Gasteiger partial charge in [-0.15, -0.1) is 11.3 Å². The van der Waals surface area contributed by atoms with Crippen molar-refractivity contribution < 1.29 is 4.57 Å². The third-order valence-corrected chi connectivity index (χ3v) is 9.06. The number of hydrogen-bond acceptors (Lipinski definition) is 3. The van der Waals surface area contributed by atoms with Crippen LogP contribution >= 0.6 is 22.9 Å². The molecule has 0 amide bonds. The van der Waals surface area contributed by atoms with Crippen LogP contribution in [0.4, 0.5) is 0 Å². The second-order valence-corrected chi connectivity index (χ2v) is 11.3. The maximum absolute atomic E-state index is 6.71. The van der Waals surface area contributed by atoms with Crippen molar-refractivity contribution in [1.29, 1.82) is 0 Å². The predicted molar refractivity (Wildman–Crippen MR) is 166 cm³/mol. The van der Waals surface area contributed by atoms with Crippen LogP contribution < -0.4 is 4.57 Å². The monoisotopic (exact) mass is 553 g/mol. The van der Waals surface area contributed by atoms with E-state index < -0.39 is 0 Å². The first-order valence-electron chi connectivity index (χ1n) is 13.1. The molecule has 0 saturated heterocycles. The van der Waals surface area contributed by atoms with Gasteiger partial charge < -0.3 is 4.57 Å². The van der Waals surface area contributed by atoms with E-state index in [0.717, 1.165) is 39.1 Å². The Labute approximate surface area is 239 Å². The van der Waals surface area contributed by atoms with E-state index in [0.29, 0.717) is 11.1 Å². The second-order valence-electron chi connectivity index (χ2n) is 9.93. The molecule has 40 heavy (non-hydrogen) atoms. The molecule has 0 radical (unpaired) electrons. The zero-order chi connectivity index (χ0) is 26.8. The summed E-state index contributed by atoms with van der Waals surface area (Å²) in [5.41, 5.74) is 5.37. The molecule has 0 aliphatic rings. The minimum Gasteiger partial charge on any atom is -0.309 e. The molecule has 190 valence electrons. The first-order valence-corrected chi connectivity index (χ1v) is 14.3. The van der Waals surface area contributed by atoms with Crippen LogP contribution in [0, 0.1) is 0 Å². The van der Waals surface area contributed by atoms with Crippen LogP contribution in [0.15, 0.2) is 115 Å². The van der Waals surface area contributed by atoms with Crippen molar-refractivity contribution in [2.24, 2.45) is 7.05 Å². The first-order chi connectivity index (χ1) is 19.7. The lowest BCUT2D eigenvalue weighted by atomic mass is 10.1. The van der Waals surface area contributed by atoms with E-state index in [9.17, 15) is 0 Å². The number of nitrogens with zero attached hydrogens (tertiary/aromatic N) is 4. The molecule has 3 aromatic heterocycles. The van der Waals surface area contributed by atoms with Crippen LogP contribution in [0.2, 0.25) is 5.28 Å². The Bertz CT molecular complexity index is 2250. The van der Waals surface area contributed by atoms with Gasteiger partial charge >= 0.3 is 11.1 Å². The number of para-hydroxylation sites is 2. The van der Waals surface area contributed by atoms with Gasteiger partial charge in [-0.1, -0.05) is 70.6 Å². The molecule has 4 nitrogen and oxygen atoms in total. The highest BCUT2D eigenvalue weighted by atomic mass is 35.5. The molecule has 6 heteroatoms. The summed E-state index contributed by atoms with van der Waals surface area (Å²) in [5.74, 6) is 1.38. The average molecular weight is 554 g/mol. The Morgan fingerprint density at radius 1 is 0.625 bits per heavy atom. The number of hydrogen-bond donors (Lipinski definition) is 0. The molecule has 0 aliphatic heterocycles. The highest BCUT2D eigenvalue weighted by molar-refractivity contribution is 7.25. The molecule has 0 N–H and O–H groups in total. The summed E-state index contributed by atoms with van der Waals surface area (Å²) in [5, 5.41) is 5.27. The topological polar surface area (TPSA) is 34.6 Å². The van der Waals surface area contributed by atoms with Crippen LogP contribution in [-0.4, -0.2) is 14.5 Å². The minimum atomic E-state index is 0.392. The Kier molecular flexibility index (Phi) is 5.24. The molecule has 0 atom stereocenters. The summed E-state index contributed by atoms with van der Waals surface area (Å²) in [7, 11) is 1.91. The van der Waals surface area contributed by atoms with Crippen molar-refractivity contribution in [3.8, 4) is 28.5 Å². The number of benzene rings is 5. The van der Waals surface area contributed by atoms with Gasteiger partial charge in [0.15, 0.2) is 0 Å². The highest BCUT2D eigenvalue weighted by Gasteiger charge is 2.23. The fraction of sp³-hybridized carbons (Fsp3) is 0.0294. The van der Waals surface area contributed by atoms with Gasteiger partial charge in [-0.3, -0.25) is 0 Å². The van der Waals surface area contributed by atoms with Gasteiger partial charge in [0.1, 0.15) is 0 Å². The molecule has 0 spiro atoms. The molecule has 0 aliphatic carbocycles. The van der Waals surface area contributed by atoms with E-state index in [1.165, 1.54) is 25.6 Å². The predicted octanol–water partition coefficient (Wildman–Crippen LogP) is 8.75. The lowest BCUT2D eigenvalue weighted by molar-refractivity contribution is -0.663.